The molecule has 6 heteroatoms. The van der Waals surface area contributed by atoms with Crippen LogP contribution in [0.1, 0.15) is 61.4 Å². The third-order valence-electron chi connectivity index (χ3n) is 5.16. The second-order valence-electron chi connectivity index (χ2n) is 7.68. The van der Waals surface area contributed by atoms with Gasteiger partial charge in [-0.2, -0.15) is 13.2 Å². The van der Waals surface area contributed by atoms with Crippen molar-refractivity contribution >= 4 is 5.97 Å². The summed E-state index contributed by atoms with van der Waals surface area (Å²) in [5, 5.41) is 0. The van der Waals surface area contributed by atoms with E-state index in [4.69, 9.17) is 0 Å². The smallest absolute Gasteiger partial charge is 0.427 e. The Labute approximate surface area is 182 Å². The van der Waals surface area contributed by atoms with E-state index in [-0.39, 0.29) is 5.56 Å². The third kappa shape index (κ3) is 8.37. The van der Waals surface area contributed by atoms with Gasteiger partial charge in [0.15, 0.2) is 0 Å². The van der Waals surface area contributed by atoms with Crippen LogP contribution in [0.3, 0.4) is 0 Å². The first-order valence-corrected chi connectivity index (χ1v) is 10.8. The first-order valence-electron chi connectivity index (χ1n) is 10.8. The van der Waals surface area contributed by atoms with Crippen LogP contribution in [0.2, 0.25) is 0 Å². The van der Waals surface area contributed by atoms with Gasteiger partial charge in [0.25, 0.3) is 0 Å². The molecule has 1 unspecified atom stereocenters. The molecule has 1 atom stereocenters. The predicted octanol–water partition coefficient (Wildman–Crippen LogP) is 6.99. The molecule has 0 bridgehead atoms. The van der Waals surface area contributed by atoms with Crippen LogP contribution in [0, 0.1) is 0 Å². The number of benzene rings is 2. The fraction of sp³-hybridized carbons (Fsp3) is 0.480. The molecule has 31 heavy (non-hydrogen) atoms. The summed E-state index contributed by atoms with van der Waals surface area (Å²) in [6.07, 6.45) is 1.68. The number of aryl methyl sites for hydroxylation is 1. The van der Waals surface area contributed by atoms with Crippen molar-refractivity contribution in [3.63, 3.8) is 0 Å². The molecule has 2 rings (SSSR count). The topological polar surface area (TPSA) is 35.5 Å². The van der Waals surface area contributed by atoms with E-state index < -0.39 is 24.9 Å². The van der Waals surface area contributed by atoms with Crippen molar-refractivity contribution < 1.29 is 27.4 Å². The molecule has 3 nitrogen and oxygen atoms in total. The lowest BCUT2D eigenvalue weighted by atomic mass is 10.00. The molecule has 0 N–H and O–H groups in total. The Balaban J connectivity index is 1.91. The van der Waals surface area contributed by atoms with Crippen LogP contribution < -0.4 is 0 Å². The summed E-state index contributed by atoms with van der Waals surface area (Å²) in [4.78, 5) is 12.1. The molecule has 0 spiro atoms. The quantitative estimate of drug-likeness (QED) is 0.266. The largest absolute Gasteiger partial charge is 0.447 e. The monoisotopic (exact) mass is 436 g/mol. The van der Waals surface area contributed by atoms with Crippen LogP contribution in [-0.4, -0.2) is 32.0 Å². The number of methoxy groups -OCH3 is 1. The molecule has 0 radical (unpaired) electrons. The Kier molecular flexibility index (Phi) is 10.0. The van der Waals surface area contributed by atoms with Crippen LogP contribution in [0.15, 0.2) is 48.5 Å². The highest BCUT2D eigenvalue weighted by Crippen LogP contribution is 2.25. The van der Waals surface area contributed by atoms with Crippen LogP contribution in [0.25, 0.3) is 11.1 Å². The van der Waals surface area contributed by atoms with E-state index in [9.17, 15) is 18.0 Å². The van der Waals surface area contributed by atoms with Crippen molar-refractivity contribution in [2.24, 2.45) is 0 Å². The number of unbranched alkanes of at least 4 members (excludes halogenated alkanes) is 5. The fourth-order valence-electron chi connectivity index (χ4n) is 3.32. The molecule has 2 aromatic rings. The molecule has 0 fully saturated rings. The van der Waals surface area contributed by atoms with Gasteiger partial charge >= 0.3 is 12.1 Å². The summed E-state index contributed by atoms with van der Waals surface area (Å²) < 4.78 is 47.8. The van der Waals surface area contributed by atoms with Gasteiger partial charge in [-0.25, -0.2) is 4.79 Å². The Hall–Kier alpha value is -2.34. The average molecular weight is 437 g/mol. The minimum Gasteiger partial charge on any atom is -0.447 e. The van der Waals surface area contributed by atoms with Gasteiger partial charge in [-0.05, 0) is 41.7 Å². The molecule has 0 heterocycles. The standard InChI is InChI=1S/C25H31F3O3/c1-3-4-5-6-7-8-9-19-10-12-20(13-11-19)21-14-16-22(17-15-21)24(29)31-23(18-30-2)25(26,27)28/h10-17,23H,3-9,18H2,1-2H3. The van der Waals surface area contributed by atoms with Gasteiger partial charge in [0.05, 0.1) is 12.2 Å². The molecule has 170 valence electrons. The number of alkyl halides is 3. The van der Waals surface area contributed by atoms with E-state index in [0.717, 1.165) is 24.7 Å². The van der Waals surface area contributed by atoms with Gasteiger partial charge in [0.1, 0.15) is 0 Å². The Morgan fingerprint density at radius 3 is 1.97 bits per heavy atom. The molecule has 0 aliphatic carbocycles. The number of hydrogen-bond acceptors (Lipinski definition) is 3. The first kappa shape index (κ1) is 24.9. The summed E-state index contributed by atoms with van der Waals surface area (Å²) >= 11 is 0. The van der Waals surface area contributed by atoms with E-state index in [0.29, 0.717) is 0 Å². The highest BCUT2D eigenvalue weighted by molar-refractivity contribution is 5.90. The summed E-state index contributed by atoms with van der Waals surface area (Å²) in [5.41, 5.74) is 3.22. The first-order chi connectivity index (χ1) is 14.8. The van der Waals surface area contributed by atoms with E-state index in [1.165, 1.54) is 56.2 Å². The zero-order valence-electron chi connectivity index (χ0n) is 18.2. The van der Waals surface area contributed by atoms with Gasteiger partial charge in [-0.15, -0.1) is 0 Å². The number of rotatable bonds is 12. The number of hydrogen-bond donors (Lipinski definition) is 0. The molecule has 0 saturated heterocycles. The minimum atomic E-state index is -4.68. The second kappa shape index (κ2) is 12.5. The summed E-state index contributed by atoms with van der Waals surface area (Å²) in [6, 6.07) is 14.6. The van der Waals surface area contributed by atoms with Crippen LogP contribution in [0.4, 0.5) is 13.2 Å². The summed E-state index contributed by atoms with van der Waals surface area (Å²) in [5.74, 6) is -1.03. The maximum Gasteiger partial charge on any atom is 0.427 e. The third-order valence-corrected chi connectivity index (χ3v) is 5.16. The number of carbonyl (C=O) groups excluding carboxylic acids is 1. The molecule has 0 aromatic heterocycles. The van der Waals surface area contributed by atoms with Crippen molar-refractivity contribution in [1.29, 1.82) is 0 Å². The Morgan fingerprint density at radius 1 is 0.871 bits per heavy atom. The van der Waals surface area contributed by atoms with E-state index in [1.54, 1.807) is 12.1 Å². The van der Waals surface area contributed by atoms with Gasteiger partial charge in [-0.3, -0.25) is 0 Å². The van der Waals surface area contributed by atoms with E-state index >= 15 is 0 Å². The number of halogens is 3. The Bertz CT molecular complexity index is 783. The molecular formula is C25H31F3O3. The van der Waals surface area contributed by atoms with Crippen molar-refractivity contribution in [3.05, 3.63) is 59.7 Å². The minimum absolute atomic E-state index is 0.0637. The van der Waals surface area contributed by atoms with Gasteiger partial charge in [0.2, 0.25) is 6.10 Å². The predicted molar refractivity (Wildman–Crippen MR) is 116 cm³/mol. The fourth-order valence-corrected chi connectivity index (χ4v) is 3.32. The normalized spacial score (nSPS) is 12.5. The van der Waals surface area contributed by atoms with Crippen molar-refractivity contribution in [2.45, 2.75) is 64.1 Å². The molecule has 0 saturated carbocycles. The van der Waals surface area contributed by atoms with Crippen LogP contribution in [0.5, 0.6) is 0 Å². The lowest BCUT2D eigenvalue weighted by Crippen LogP contribution is -2.37. The zero-order valence-corrected chi connectivity index (χ0v) is 18.2. The lowest BCUT2D eigenvalue weighted by molar-refractivity contribution is -0.215. The second-order valence-corrected chi connectivity index (χ2v) is 7.68. The number of carbonyl (C=O) groups is 1. The summed E-state index contributed by atoms with van der Waals surface area (Å²) in [6.45, 7) is 1.48. The molecule has 2 aromatic carbocycles. The summed E-state index contributed by atoms with van der Waals surface area (Å²) in [7, 11) is 1.13. The highest BCUT2D eigenvalue weighted by Gasteiger charge is 2.43. The van der Waals surface area contributed by atoms with Gasteiger partial charge in [0, 0.05) is 7.11 Å². The van der Waals surface area contributed by atoms with Crippen molar-refractivity contribution in [1.82, 2.24) is 0 Å². The zero-order chi connectivity index (χ0) is 22.7. The SMILES string of the molecule is CCCCCCCCc1ccc(-c2ccc(C(=O)OC(COC)C(F)(F)F)cc2)cc1. The van der Waals surface area contributed by atoms with E-state index in [2.05, 4.69) is 28.5 Å². The molecule has 0 aliphatic rings. The lowest BCUT2D eigenvalue weighted by Gasteiger charge is -2.19. The molecule has 0 aliphatic heterocycles. The van der Waals surface area contributed by atoms with Crippen molar-refractivity contribution in [2.75, 3.05) is 13.7 Å². The highest BCUT2D eigenvalue weighted by atomic mass is 19.4. The van der Waals surface area contributed by atoms with Crippen molar-refractivity contribution in [3.8, 4) is 11.1 Å². The van der Waals surface area contributed by atoms with Gasteiger partial charge < -0.3 is 9.47 Å². The molecular weight excluding hydrogens is 405 g/mol. The number of ether oxygens (including phenoxy) is 2. The Morgan fingerprint density at radius 2 is 1.42 bits per heavy atom. The average Bonchev–Trinajstić information content (AvgIpc) is 2.76. The van der Waals surface area contributed by atoms with Gasteiger partial charge in [-0.1, -0.05) is 75.4 Å². The maximum absolute atomic E-state index is 12.9. The van der Waals surface area contributed by atoms with Crippen LogP contribution in [-0.2, 0) is 15.9 Å². The van der Waals surface area contributed by atoms with E-state index in [1.807, 2.05) is 12.1 Å². The molecule has 0 amide bonds. The van der Waals surface area contributed by atoms with Crippen LogP contribution >= 0.6 is 0 Å². The maximum atomic E-state index is 12.9. The number of esters is 1.